The lowest BCUT2D eigenvalue weighted by Crippen LogP contribution is -2.18. The molecule has 178 valence electrons. The van der Waals surface area contributed by atoms with E-state index in [4.69, 9.17) is 4.98 Å². The maximum absolute atomic E-state index is 13.2. The number of pyridine rings is 1. The zero-order valence-electron chi connectivity index (χ0n) is 20.9. The Bertz CT molecular complexity index is 1610. The first kappa shape index (κ1) is 23.2. The number of hydrogen-bond acceptors (Lipinski definition) is 3. The van der Waals surface area contributed by atoms with Crippen molar-refractivity contribution in [2.75, 3.05) is 0 Å². The number of para-hydroxylation sites is 1. The van der Waals surface area contributed by atoms with Crippen LogP contribution in [0.4, 0.5) is 0 Å². The number of carbonyl (C=O) groups is 1. The van der Waals surface area contributed by atoms with Gasteiger partial charge in [-0.25, -0.2) is 10.4 Å². The van der Waals surface area contributed by atoms with Gasteiger partial charge in [0.25, 0.3) is 5.91 Å². The molecule has 0 fully saturated rings. The number of carbonyl (C=O) groups excluding carboxylic acids is 1. The van der Waals surface area contributed by atoms with Crippen LogP contribution < -0.4 is 5.43 Å². The van der Waals surface area contributed by atoms with Gasteiger partial charge in [-0.2, -0.15) is 5.10 Å². The number of aromatic nitrogens is 2. The van der Waals surface area contributed by atoms with E-state index in [2.05, 4.69) is 67.1 Å². The molecule has 0 radical (unpaired) electrons. The molecule has 1 N–H and O–H groups in total. The van der Waals surface area contributed by atoms with E-state index in [-0.39, 0.29) is 5.91 Å². The van der Waals surface area contributed by atoms with Crippen molar-refractivity contribution in [2.45, 2.75) is 27.7 Å². The van der Waals surface area contributed by atoms with Crippen LogP contribution in [0, 0.1) is 27.7 Å². The zero-order valence-corrected chi connectivity index (χ0v) is 20.9. The van der Waals surface area contributed by atoms with Crippen molar-refractivity contribution in [1.29, 1.82) is 0 Å². The number of aryl methyl sites for hydroxylation is 2. The average molecular weight is 473 g/mol. The lowest BCUT2D eigenvalue weighted by atomic mass is 10.0. The molecule has 5 aromatic rings. The minimum atomic E-state index is -0.273. The molecular formula is C31H28N4O. The van der Waals surface area contributed by atoms with Crippen LogP contribution in [0.5, 0.6) is 0 Å². The Kier molecular flexibility index (Phi) is 6.21. The summed E-state index contributed by atoms with van der Waals surface area (Å²) in [5, 5.41) is 5.11. The van der Waals surface area contributed by atoms with Gasteiger partial charge >= 0.3 is 0 Å². The Morgan fingerprint density at radius 2 is 1.64 bits per heavy atom. The van der Waals surface area contributed by atoms with Gasteiger partial charge in [-0.3, -0.25) is 4.79 Å². The molecule has 36 heavy (non-hydrogen) atoms. The fraction of sp³-hybridized carbons (Fsp3) is 0.129. The number of fused-ring (bicyclic) bond motifs is 1. The van der Waals surface area contributed by atoms with E-state index in [1.54, 1.807) is 6.21 Å². The Balaban J connectivity index is 1.45. The minimum absolute atomic E-state index is 0.273. The molecule has 0 aliphatic heterocycles. The van der Waals surface area contributed by atoms with E-state index in [0.29, 0.717) is 5.56 Å². The monoisotopic (exact) mass is 472 g/mol. The van der Waals surface area contributed by atoms with Crippen LogP contribution in [0.15, 0.2) is 90.0 Å². The summed E-state index contributed by atoms with van der Waals surface area (Å²) in [5.74, 6) is -0.273. The third kappa shape index (κ3) is 4.31. The molecule has 0 saturated heterocycles. The number of hydrogen-bond donors (Lipinski definition) is 1. The van der Waals surface area contributed by atoms with Crippen molar-refractivity contribution in [1.82, 2.24) is 15.0 Å². The third-order valence-electron chi connectivity index (χ3n) is 6.69. The minimum Gasteiger partial charge on any atom is -0.318 e. The molecule has 5 heteroatoms. The second-order valence-electron chi connectivity index (χ2n) is 9.02. The Hall–Kier alpha value is -4.51. The Morgan fingerprint density at radius 1 is 0.889 bits per heavy atom. The molecule has 0 bridgehead atoms. The van der Waals surface area contributed by atoms with Crippen LogP contribution in [-0.2, 0) is 0 Å². The highest BCUT2D eigenvalue weighted by atomic mass is 16.2. The topological polar surface area (TPSA) is 59.3 Å². The normalized spacial score (nSPS) is 11.3. The van der Waals surface area contributed by atoms with E-state index in [1.165, 1.54) is 11.1 Å². The highest BCUT2D eigenvalue weighted by molar-refractivity contribution is 6.07. The SMILES string of the molecule is Cc1cccc(-n2c(C)cc(/C=N/NC(=O)c3cc(-c4ccccc4)nc4ccccc34)c2C)c1C. The Morgan fingerprint density at radius 3 is 2.44 bits per heavy atom. The maximum atomic E-state index is 13.2. The van der Waals surface area contributed by atoms with E-state index in [0.717, 1.165) is 44.8 Å². The van der Waals surface area contributed by atoms with Gasteiger partial charge in [0.1, 0.15) is 0 Å². The van der Waals surface area contributed by atoms with Gasteiger partial charge in [-0.15, -0.1) is 0 Å². The van der Waals surface area contributed by atoms with Crippen LogP contribution in [0.3, 0.4) is 0 Å². The summed E-state index contributed by atoms with van der Waals surface area (Å²) < 4.78 is 2.23. The molecule has 3 aromatic carbocycles. The highest BCUT2D eigenvalue weighted by Gasteiger charge is 2.15. The van der Waals surface area contributed by atoms with Gasteiger partial charge in [-0.1, -0.05) is 60.7 Å². The maximum Gasteiger partial charge on any atom is 0.272 e. The molecule has 0 saturated carbocycles. The molecule has 5 rings (SSSR count). The first-order valence-corrected chi connectivity index (χ1v) is 12.0. The lowest BCUT2D eigenvalue weighted by molar-refractivity contribution is 0.0956. The second-order valence-corrected chi connectivity index (χ2v) is 9.02. The van der Waals surface area contributed by atoms with Gasteiger partial charge in [0.15, 0.2) is 0 Å². The van der Waals surface area contributed by atoms with Crippen molar-refractivity contribution < 1.29 is 4.79 Å². The van der Waals surface area contributed by atoms with Crippen LogP contribution in [0.25, 0.3) is 27.8 Å². The summed E-state index contributed by atoms with van der Waals surface area (Å²) in [4.78, 5) is 18.0. The van der Waals surface area contributed by atoms with Crippen molar-refractivity contribution in [3.8, 4) is 16.9 Å². The summed E-state index contributed by atoms with van der Waals surface area (Å²) in [5.41, 5.74) is 12.5. The van der Waals surface area contributed by atoms with Gasteiger partial charge in [0, 0.05) is 33.6 Å². The summed E-state index contributed by atoms with van der Waals surface area (Å²) in [6, 6.07) is 27.8. The molecule has 0 aliphatic carbocycles. The number of amides is 1. The molecular weight excluding hydrogens is 444 g/mol. The van der Waals surface area contributed by atoms with E-state index >= 15 is 0 Å². The fourth-order valence-corrected chi connectivity index (χ4v) is 4.61. The quantitative estimate of drug-likeness (QED) is 0.229. The molecule has 0 spiro atoms. The number of benzene rings is 3. The highest BCUT2D eigenvalue weighted by Crippen LogP contribution is 2.26. The molecule has 2 heterocycles. The van der Waals surface area contributed by atoms with E-state index in [1.807, 2.05) is 60.7 Å². The van der Waals surface area contributed by atoms with Gasteiger partial charge in [0.2, 0.25) is 0 Å². The molecule has 1 amide bonds. The smallest absolute Gasteiger partial charge is 0.272 e. The standard InChI is InChI=1S/C31H28N4O/c1-20-11-10-16-30(22(20)3)35-21(2)17-25(23(35)4)19-32-34-31(36)27-18-29(24-12-6-5-7-13-24)33-28-15-9-8-14-26(27)28/h5-19H,1-4H3,(H,34,36)/b32-19+. The van der Waals surface area contributed by atoms with Crippen LogP contribution >= 0.6 is 0 Å². The second kappa shape index (κ2) is 9.62. The first-order chi connectivity index (χ1) is 17.4. The molecule has 0 aliphatic rings. The Labute approximate surface area is 211 Å². The van der Waals surface area contributed by atoms with Crippen LogP contribution in [0.1, 0.15) is 38.4 Å². The predicted octanol–water partition coefficient (Wildman–Crippen LogP) is 6.69. The zero-order chi connectivity index (χ0) is 25.2. The third-order valence-corrected chi connectivity index (χ3v) is 6.69. The number of rotatable bonds is 5. The van der Waals surface area contributed by atoms with Gasteiger partial charge < -0.3 is 4.57 Å². The van der Waals surface area contributed by atoms with Crippen molar-refractivity contribution in [3.63, 3.8) is 0 Å². The summed E-state index contributed by atoms with van der Waals surface area (Å²) >= 11 is 0. The predicted molar refractivity (Wildman–Crippen MR) is 147 cm³/mol. The van der Waals surface area contributed by atoms with Crippen molar-refractivity contribution >= 4 is 23.0 Å². The number of hydrazone groups is 1. The summed E-state index contributed by atoms with van der Waals surface area (Å²) in [6.45, 7) is 8.41. The average Bonchev–Trinajstić information content (AvgIpc) is 3.18. The number of nitrogens with one attached hydrogen (secondary N) is 1. The summed E-state index contributed by atoms with van der Waals surface area (Å²) in [6.07, 6.45) is 1.71. The van der Waals surface area contributed by atoms with E-state index in [9.17, 15) is 4.79 Å². The van der Waals surface area contributed by atoms with Crippen molar-refractivity contribution in [3.05, 3.63) is 119 Å². The molecule has 5 nitrogen and oxygen atoms in total. The molecule has 0 atom stereocenters. The summed E-state index contributed by atoms with van der Waals surface area (Å²) in [7, 11) is 0. The lowest BCUT2D eigenvalue weighted by Gasteiger charge is -2.14. The fourth-order valence-electron chi connectivity index (χ4n) is 4.61. The number of nitrogens with zero attached hydrogens (tertiary/aromatic N) is 3. The van der Waals surface area contributed by atoms with Gasteiger partial charge in [0.05, 0.1) is 23.0 Å². The van der Waals surface area contributed by atoms with Crippen LogP contribution in [0.2, 0.25) is 0 Å². The first-order valence-electron chi connectivity index (χ1n) is 12.0. The van der Waals surface area contributed by atoms with Gasteiger partial charge in [-0.05, 0) is 63.1 Å². The molecule has 0 unspecified atom stereocenters. The van der Waals surface area contributed by atoms with Crippen molar-refractivity contribution in [2.24, 2.45) is 5.10 Å². The largest absolute Gasteiger partial charge is 0.318 e. The van der Waals surface area contributed by atoms with Crippen LogP contribution in [-0.4, -0.2) is 21.7 Å². The molecule has 2 aromatic heterocycles. The van der Waals surface area contributed by atoms with E-state index < -0.39 is 0 Å².